The highest BCUT2D eigenvalue weighted by Crippen LogP contribution is 2.29. The fraction of sp³-hybridized carbons (Fsp3) is 0.136. The Labute approximate surface area is 180 Å². The Bertz CT molecular complexity index is 1080. The van der Waals surface area contributed by atoms with Crippen molar-refractivity contribution in [3.63, 3.8) is 0 Å². The van der Waals surface area contributed by atoms with Gasteiger partial charge >= 0.3 is 0 Å². The monoisotopic (exact) mass is 470 g/mol. The van der Waals surface area contributed by atoms with Gasteiger partial charge in [0.1, 0.15) is 11.9 Å². The van der Waals surface area contributed by atoms with E-state index in [1.54, 1.807) is 30.3 Å². The maximum Gasteiger partial charge on any atom is 0.290 e. The molecule has 30 heavy (non-hydrogen) atoms. The van der Waals surface area contributed by atoms with Gasteiger partial charge in [-0.1, -0.05) is 28.1 Å². The Kier molecular flexibility index (Phi) is 5.50. The highest BCUT2D eigenvalue weighted by molar-refractivity contribution is 9.10. The summed E-state index contributed by atoms with van der Waals surface area (Å²) in [5, 5.41) is 0. The first-order valence-corrected chi connectivity index (χ1v) is 9.94. The van der Waals surface area contributed by atoms with Crippen LogP contribution in [-0.4, -0.2) is 28.7 Å². The zero-order chi connectivity index (χ0) is 21.3. The summed E-state index contributed by atoms with van der Waals surface area (Å²) in [5.74, 6) is -1.77. The minimum atomic E-state index is -0.996. The number of rotatable bonds is 5. The van der Waals surface area contributed by atoms with E-state index in [2.05, 4.69) is 15.9 Å². The molecule has 1 fully saturated rings. The number of hydrogen-bond acceptors (Lipinski definition) is 4. The molecule has 3 amide bonds. The van der Waals surface area contributed by atoms with Gasteiger partial charge in [0.25, 0.3) is 11.8 Å². The number of hydrogen-bond donors (Lipinski definition) is 0. The van der Waals surface area contributed by atoms with Crippen LogP contribution in [0.4, 0.5) is 10.1 Å². The van der Waals surface area contributed by atoms with Gasteiger partial charge in [-0.2, -0.15) is 0 Å². The number of benzene rings is 2. The molecule has 2 heterocycles. The van der Waals surface area contributed by atoms with E-state index in [0.29, 0.717) is 11.3 Å². The lowest BCUT2D eigenvalue weighted by Gasteiger charge is -2.27. The van der Waals surface area contributed by atoms with Gasteiger partial charge in [-0.05, 0) is 54.1 Å². The van der Waals surface area contributed by atoms with E-state index in [0.717, 1.165) is 9.37 Å². The van der Waals surface area contributed by atoms with Gasteiger partial charge in [0, 0.05) is 11.0 Å². The van der Waals surface area contributed by atoms with E-state index in [9.17, 15) is 18.8 Å². The first-order chi connectivity index (χ1) is 14.4. The van der Waals surface area contributed by atoms with Gasteiger partial charge in [-0.25, -0.2) is 9.29 Å². The third kappa shape index (κ3) is 3.91. The van der Waals surface area contributed by atoms with E-state index < -0.39 is 29.6 Å². The van der Waals surface area contributed by atoms with Crippen molar-refractivity contribution in [3.05, 3.63) is 88.5 Å². The van der Waals surface area contributed by atoms with Crippen LogP contribution in [0.1, 0.15) is 22.5 Å². The summed E-state index contributed by atoms with van der Waals surface area (Å²) in [6, 6.07) is 14.5. The molecular formula is C22H16BrFN2O4. The molecule has 0 aliphatic carbocycles. The molecule has 1 aromatic heterocycles. The van der Waals surface area contributed by atoms with Gasteiger partial charge in [0.05, 0.1) is 18.4 Å². The smallest absolute Gasteiger partial charge is 0.290 e. The third-order valence-electron chi connectivity index (χ3n) is 4.84. The Morgan fingerprint density at radius 2 is 1.80 bits per heavy atom. The minimum Gasteiger partial charge on any atom is -0.459 e. The Balaban J connectivity index is 1.66. The molecule has 0 saturated carbocycles. The zero-order valence-corrected chi connectivity index (χ0v) is 17.2. The highest BCUT2D eigenvalue weighted by atomic mass is 79.9. The highest BCUT2D eigenvalue weighted by Gasteiger charge is 2.45. The van der Waals surface area contributed by atoms with E-state index in [4.69, 9.17) is 4.42 Å². The summed E-state index contributed by atoms with van der Waals surface area (Å²) in [7, 11) is 0. The second-order valence-electron chi connectivity index (χ2n) is 6.80. The van der Waals surface area contributed by atoms with Crippen LogP contribution in [0.5, 0.6) is 0 Å². The summed E-state index contributed by atoms with van der Waals surface area (Å²) in [5.41, 5.74) is 1.06. The number of nitrogens with zero attached hydrogens (tertiary/aromatic N) is 2. The molecular weight excluding hydrogens is 455 g/mol. The van der Waals surface area contributed by atoms with Crippen molar-refractivity contribution in [1.82, 2.24) is 4.90 Å². The molecule has 2 aromatic carbocycles. The third-order valence-corrected chi connectivity index (χ3v) is 5.37. The minimum absolute atomic E-state index is 0.0255. The van der Waals surface area contributed by atoms with E-state index in [1.165, 1.54) is 41.5 Å². The normalized spacial score (nSPS) is 16.2. The molecule has 1 aliphatic heterocycles. The second-order valence-corrected chi connectivity index (χ2v) is 7.72. The van der Waals surface area contributed by atoms with Crippen LogP contribution in [0.2, 0.25) is 0 Å². The number of anilines is 1. The summed E-state index contributed by atoms with van der Waals surface area (Å²) in [4.78, 5) is 41.3. The van der Waals surface area contributed by atoms with E-state index in [1.807, 2.05) is 0 Å². The lowest BCUT2D eigenvalue weighted by molar-refractivity contribution is -0.122. The predicted molar refractivity (Wildman–Crippen MR) is 110 cm³/mol. The van der Waals surface area contributed by atoms with Crippen molar-refractivity contribution in [2.45, 2.75) is 19.0 Å². The molecule has 4 rings (SSSR count). The first kappa shape index (κ1) is 20.0. The summed E-state index contributed by atoms with van der Waals surface area (Å²) in [6.07, 6.45) is 1.21. The van der Waals surface area contributed by atoms with Crippen LogP contribution >= 0.6 is 15.9 Å². The molecule has 3 aromatic rings. The van der Waals surface area contributed by atoms with E-state index >= 15 is 0 Å². The van der Waals surface area contributed by atoms with Crippen LogP contribution in [-0.2, 0) is 16.1 Å². The van der Waals surface area contributed by atoms with Crippen LogP contribution in [0.25, 0.3) is 0 Å². The fourth-order valence-electron chi connectivity index (χ4n) is 3.37. The standard InChI is InChI=1S/C22H16BrFN2O4/c23-15-5-9-17(10-6-15)26-20(27)12-18(21(26)28)25(22(29)19-2-1-11-30-19)13-14-3-7-16(24)8-4-14/h1-11,18H,12-13H2. The van der Waals surface area contributed by atoms with Crippen LogP contribution in [0, 0.1) is 5.82 Å². The van der Waals surface area contributed by atoms with Gasteiger partial charge in [-0.3, -0.25) is 14.4 Å². The van der Waals surface area contributed by atoms with Crippen molar-refractivity contribution in [2.75, 3.05) is 4.90 Å². The Morgan fingerprint density at radius 3 is 2.43 bits per heavy atom. The summed E-state index contributed by atoms with van der Waals surface area (Å²) < 4.78 is 19.3. The largest absolute Gasteiger partial charge is 0.459 e. The topological polar surface area (TPSA) is 70.8 Å². The summed E-state index contributed by atoms with van der Waals surface area (Å²) in [6.45, 7) is 0.0255. The molecule has 0 spiro atoms. The van der Waals surface area contributed by atoms with Crippen LogP contribution in [0.3, 0.4) is 0 Å². The predicted octanol–water partition coefficient (Wildman–Crippen LogP) is 4.16. The van der Waals surface area contributed by atoms with Crippen LogP contribution < -0.4 is 4.90 Å². The van der Waals surface area contributed by atoms with Crippen molar-refractivity contribution >= 4 is 39.3 Å². The van der Waals surface area contributed by atoms with E-state index in [-0.39, 0.29) is 18.7 Å². The SMILES string of the molecule is O=C1CC(N(Cc2ccc(F)cc2)C(=O)c2ccco2)C(=O)N1c1ccc(Br)cc1. The van der Waals surface area contributed by atoms with Gasteiger partial charge in [0.2, 0.25) is 5.91 Å². The molecule has 0 bridgehead atoms. The zero-order valence-electron chi connectivity index (χ0n) is 15.6. The fourth-order valence-corrected chi connectivity index (χ4v) is 3.64. The van der Waals surface area contributed by atoms with Gasteiger partial charge in [-0.15, -0.1) is 0 Å². The second kappa shape index (κ2) is 8.23. The molecule has 6 nitrogen and oxygen atoms in total. The number of carbonyl (C=O) groups excluding carboxylic acids is 3. The number of carbonyl (C=O) groups is 3. The average molecular weight is 471 g/mol. The molecule has 152 valence electrons. The quantitative estimate of drug-likeness (QED) is 0.525. The maximum absolute atomic E-state index is 13.3. The molecule has 8 heteroatoms. The van der Waals surface area contributed by atoms with Crippen molar-refractivity contribution in [2.24, 2.45) is 0 Å². The van der Waals surface area contributed by atoms with Crippen molar-refractivity contribution in [3.8, 4) is 0 Å². The molecule has 1 atom stereocenters. The van der Waals surface area contributed by atoms with Gasteiger partial charge in [0.15, 0.2) is 5.76 Å². The lowest BCUT2D eigenvalue weighted by Crippen LogP contribution is -2.45. The number of halogens is 2. The molecule has 1 saturated heterocycles. The first-order valence-electron chi connectivity index (χ1n) is 9.15. The Hall–Kier alpha value is -3.26. The molecule has 1 unspecified atom stereocenters. The molecule has 0 N–H and O–H groups in total. The molecule has 0 radical (unpaired) electrons. The average Bonchev–Trinajstić information content (AvgIpc) is 3.37. The molecule has 1 aliphatic rings. The van der Waals surface area contributed by atoms with Gasteiger partial charge < -0.3 is 9.32 Å². The number of furan rings is 1. The van der Waals surface area contributed by atoms with Crippen molar-refractivity contribution < 1.29 is 23.2 Å². The van der Waals surface area contributed by atoms with Crippen LogP contribution in [0.15, 0.2) is 75.8 Å². The number of imide groups is 1. The lowest BCUT2D eigenvalue weighted by atomic mass is 10.1. The van der Waals surface area contributed by atoms with Crippen molar-refractivity contribution in [1.29, 1.82) is 0 Å². The maximum atomic E-state index is 13.3. The number of amides is 3. The Morgan fingerprint density at radius 1 is 1.10 bits per heavy atom. The summed E-state index contributed by atoms with van der Waals surface area (Å²) >= 11 is 3.32.